The van der Waals surface area contributed by atoms with Gasteiger partial charge in [0.2, 0.25) is 11.8 Å². The molecule has 30 heavy (non-hydrogen) atoms. The highest BCUT2D eigenvalue weighted by Crippen LogP contribution is 2.01. The van der Waals surface area contributed by atoms with Crippen molar-refractivity contribution in [2.24, 2.45) is 5.73 Å². The zero-order valence-corrected chi connectivity index (χ0v) is 17.2. The first-order valence-corrected chi connectivity index (χ1v) is 10.2. The second-order valence-corrected chi connectivity index (χ2v) is 6.73. The molecule has 0 bridgehead atoms. The van der Waals surface area contributed by atoms with E-state index in [-0.39, 0.29) is 37.9 Å². The van der Waals surface area contributed by atoms with Crippen molar-refractivity contribution in [3.63, 3.8) is 0 Å². The monoisotopic (exact) mass is 435 g/mol. The maximum Gasteiger partial charge on any atom is 0.294 e. The molecule has 0 radical (unpaired) electrons. The third-order valence-electron chi connectivity index (χ3n) is 4.18. The third-order valence-corrected chi connectivity index (χ3v) is 4.18. The maximum atomic E-state index is 11.9. The summed E-state index contributed by atoms with van der Waals surface area (Å²) >= 11 is 0. The van der Waals surface area contributed by atoms with Gasteiger partial charge in [0, 0.05) is 19.5 Å². The highest BCUT2D eigenvalue weighted by atomic mass is 17.0. The molecule has 0 spiro atoms. The Morgan fingerprint density at radius 2 is 1.27 bits per heavy atom. The van der Waals surface area contributed by atoms with E-state index in [2.05, 4.69) is 20.3 Å². The first-order chi connectivity index (χ1) is 14.3. The van der Waals surface area contributed by atoms with Gasteiger partial charge in [0.25, 0.3) is 10.2 Å². The van der Waals surface area contributed by atoms with Gasteiger partial charge in [0.1, 0.15) is 0 Å². The van der Waals surface area contributed by atoms with Gasteiger partial charge in [-0.1, -0.05) is 25.7 Å². The third kappa shape index (κ3) is 18.7. The van der Waals surface area contributed by atoms with E-state index >= 15 is 0 Å². The number of carbonyl (C=O) groups is 2. The molecule has 13 heteroatoms. The van der Waals surface area contributed by atoms with Crippen LogP contribution in [0, 0.1) is 20.2 Å². The van der Waals surface area contributed by atoms with E-state index in [1.54, 1.807) is 0 Å². The molecule has 0 aliphatic carbocycles. The molecule has 1 unspecified atom stereocenters. The van der Waals surface area contributed by atoms with E-state index in [1.165, 1.54) is 0 Å². The number of nitrogens with one attached hydrogen (secondary N) is 2. The summed E-state index contributed by atoms with van der Waals surface area (Å²) in [7, 11) is 0. The molecule has 0 heterocycles. The molecule has 2 amide bonds. The quantitative estimate of drug-likeness (QED) is 0.141. The van der Waals surface area contributed by atoms with Crippen molar-refractivity contribution in [2.45, 2.75) is 70.3 Å². The highest BCUT2D eigenvalue weighted by Gasteiger charge is 2.14. The maximum absolute atomic E-state index is 11.9. The van der Waals surface area contributed by atoms with Crippen molar-refractivity contribution in [3.8, 4) is 0 Å². The lowest BCUT2D eigenvalue weighted by molar-refractivity contribution is -0.757. The SMILES string of the molecule is NC(CCC(=O)NCCCCCCO[N+](=O)[O-])C(=O)NCCCCCCO[N+](=O)[O-]. The lowest BCUT2D eigenvalue weighted by atomic mass is 10.1. The van der Waals surface area contributed by atoms with E-state index in [0.717, 1.165) is 38.5 Å². The molecule has 0 saturated carbocycles. The second kappa shape index (κ2) is 18.3. The second-order valence-electron chi connectivity index (χ2n) is 6.73. The van der Waals surface area contributed by atoms with Crippen LogP contribution in [0.4, 0.5) is 0 Å². The summed E-state index contributed by atoms with van der Waals surface area (Å²) in [6.45, 7) is 1.12. The molecule has 1 atom stereocenters. The number of amides is 2. The minimum absolute atomic E-state index is 0.0746. The number of hydrogen-bond donors (Lipinski definition) is 3. The molecular weight excluding hydrogens is 402 g/mol. The summed E-state index contributed by atoms with van der Waals surface area (Å²) in [6.07, 6.45) is 6.24. The van der Waals surface area contributed by atoms with Crippen molar-refractivity contribution in [3.05, 3.63) is 20.2 Å². The number of unbranched alkanes of at least 4 members (excludes halogenated alkanes) is 6. The molecule has 0 aromatic heterocycles. The Hall–Kier alpha value is -2.70. The zero-order chi connectivity index (χ0) is 22.6. The summed E-state index contributed by atoms with van der Waals surface area (Å²) in [5, 5.41) is 23.8. The first kappa shape index (κ1) is 27.3. The average molecular weight is 435 g/mol. The summed E-state index contributed by atoms with van der Waals surface area (Å²) in [6, 6.07) is -0.758. The molecule has 174 valence electrons. The lowest BCUT2D eigenvalue weighted by Crippen LogP contribution is -2.41. The summed E-state index contributed by atoms with van der Waals surface area (Å²) in [4.78, 5) is 52.0. The number of nitrogens with two attached hydrogens (primary N) is 1. The molecule has 0 aliphatic rings. The predicted molar refractivity (Wildman–Crippen MR) is 106 cm³/mol. The number of nitrogens with zero attached hydrogens (tertiary/aromatic N) is 2. The lowest BCUT2D eigenvalue weighted by Gasteiger charge is -2.12. The van der Waals surface area contributed by atoms with Crippen LogP contribution in [0.15, 0.2) is 0 Å². The normalized spacial score (nSPS) is 11.4. The van der Waals surface area contributed by atoms with E-state index in [9.17, 15) is 29.8 Å². The van der Waals surface area contributed by atoms with Gasteiger partial charge < -0.3 is 26.0 Å². The van der Waals surface area contributed by atoms with Crippen LogP contribution in [0.3, 0.4) is 0 Å². The molecule has 0 aliphatic heterocycles. The fourth-order valence-electron chi connectivity index (χ4n) is 2.52. The van der Waals surface area contributed by atoms with Crippen LogP contribution in [0.25, 0.3) is 0 Å². The molecule has 0 aromatic rings. The van der Waals surface area contributed by atoms with Crippen molar-refractivity contribution >= 4 is 11.8 Å². The van der Waals surface area contributed by atoms with Crippen LogP contribution in [0.1, 0.15) is 64.2 Å². The summed E-state index contributed by atoms with van der Waals surface area (Å²) in [5.74, 6) is -0.483. The Bertz CT molecular complexity index is 520. The fourth-order valence-corrected chi connectivity index (χ4v) is 2.52. The van der Waals surface area contributed by atoms with Gasteiger partial charge in [-0.2, -0.15) is 0 Å². The molecule has 0 aromatic carbocycles. The van der Waals surface area contributed by atoms with Gasteiger partial charge in [-0.15, -0.1) is 20.2 Å². The van der Waals surface area contributed by atoms with Crippen LogP contribution in [0.5, 0.6) is 0 Å². The summed E-state index contributed by atoms with van der Waals surface area (Å²) < 4.78 is 0. The summed E-state index contributed by atoms with van der Waals surface area (Å²) in [5.41, 5.74) is 5.79. The molecule has 0 fully saturated rings. The van der Waals surface area contributed by atoms with Crippen molar-refractivity contribution in [1.82, 2.24) is 10.6 Å². The Morgan fingerprint density at radius 3 is 1.77 bits per heavy atom. The van der Waals surface area contributed by atoms with Crippen LogP contribution in [-0.2, 0) is 19.3 Å². The Kier molecular flexibility index (Phi) is 16.7. The molecule has 4 N–H and O–H groups in total. The Labute approximate surface area is 175 Å². The minimum atomic E-state index is -0.817. The van der Waals surface area contributed by atoms with Gasteiger partial charge in [0.15, 0.2) is 0 Å². The predicted octanol–water partition coefficient (Wildman–Crippen LogP) is 0.864. The number of carbonyl (C=O) groups excluding carboxylic acids is 2. The first-order valence-electron chi connectivity index (χ1n) is 10.2. The zero-order valence-electron chi connectivity index (χ0n) is 17.2. The smallest absolute Gasteiger partial charge is 0.294 e. The van der Waals surface area contributed by atoms with Crippen LogP contribution in [-0.4, -0.2) is 54.3 Å². The average Bonchev–Trinajstić information content (AvgIpc) is 2.69. The number of rotatable bonds is 20. The Balaban J connectivity index is 3.54. The van der Waals surface area contributed by atoms with Crippen LogP contribution >= 0.6 is 0 Å². The van der Waals surface area contributed by atoms with E-state index in [4.69, 9.17) is 5.73 Å². The molecule has 0 saturated heterocycles. The van der Waals surface area contributed by atoms with Gasteiger partial charge in [0.05, 0.1) is 19.3 Å². The fraction of sp³-hybridized carbons (Fsp3) is 0.882. The van der Waals surface area contributed by atoms with E-state index in [0.29, 0.717) is 25.9 Å². The topological polar surface area (TPSA) is 189 Å². The van der Waals surface area contributed by atoms with Crippen molar-refractivity contribution in [1.29, 1.82) is 0 Å². The molecule has 13 nitrogen and oxygen atoms in total. The Morgan fingerprint density at radius 1 is 0.800 bits per heavy atom. The van der Waals surface area contributed by atoms with Gasteiger partial charge in [-0.25, -0.2) is 0 Å². The van der Waals surface area contributed by atoms with Gasteiger partial charge in [-0.3, -0.25) is 9.59 Å². The minimum Gasteiger partial charge on any atom is -0.356 e. The standard InChI is InChI=1S/C17H33N5O8/c18-15(17(24)20-12-6-2-4-8-14-30-22(27)28)9-10-16(23)19-11-5-1-3-7-13-29-21(25)26/h15H,1-14,18H2,(H,19,23)(H,20,24). The molecular formula is C17H33N5O8. The largest absolute Gasteiger partial charge is 0.356 e. The van der Waals surface area contributed by atoms with E-state index in [1.807, 2.05) is 0 Å². The number of hydrogen-bond acceptors (Lipinski definition) is 9. The van der Waals surface area contributed by atoms with Gasteiger partial charge in [-0.05, 0) is 32.1 Å². The van der Waals surface area contributed by atoms with Crippen molar-refractivity contribution < 1.29 is 29.4 Å². The van der Waals surface area contributed by atoms with Gasteiger partial charge >= 0.3 is 0 Å². The van der Waals surface area contributed by atoms with Crippen LogP contribution in [0.2, 0.25) is 0 Å². The molecule has 0 rings (SSSR count). The van der Waals surface area contributed by atoms with Crippen LogP contribution < -0.4 is 16.4 Å². The van der Waals surface area contributed by atoms with Crippen molar-refractivity contribution in [2.75, 3.05) is 26.3 Å². The highest BCUT2D eigenvalue weighted by molar-refractivity contribution is 5.82. The van der Waals surface area contributed by atoms with E-state index < -0.39 is 16.2 Å².